The number of carboxylic acid groups (broad SMARTS) is 1. The Kier molecular flexibility index (Phi) is 4.67. The largest absolute Gasteiger partial charge is 0.465 e. The fourth-order valence-electron chi connectivity index (χ4n) is 3.54. The van der Waals surface area contributed by atoms with Crippen molar-refractivity contribution in [2.24, 2.45) is 5.41 Å². The van der Waals surface area contributed by atoms with Crippen molar-refractivity contribution in [3.8, 4) is 0 Å². The average Bonchev–Trinajstić information content (AvgIpc) is 2.49. The first-order chi connectivity index (χ1) is 12.4. The number of halogens is 2. The third-order valence-electron chi connectivity index (χ3n) is 4.71. The molecule has 1 aromatic carbocycles. The topological polar surface area (TPSA) is 119 Å². The number of likely N-dealkylation sites (tertiary alicyclic amines) is 1. The highest BCUT2D eigenvalue weighted by Gasteiger charge is 2.49. The highest BCUT2D eigenvalue weighted by molar-refractivity contribution is 9.10. The molecule has 0 spiro atoms. The van der Waals surface area contributed by atoms with Gasteiger partial charge in [0.05, 0.1) is 39.3 Å². The number of nitro groups is 1. The minimum absolute atomic E-state index is 0.0128. The van der Waals surface area contributed by atoms with Crippen molar-refractivity contribution in [3.05, 3.63) is 42.4 Å². The molecule has 0 bridgehead atoms. The molecule has 1 N–H and O–H groups in total. The van der Waals surface area contributed by atoms with Gasteiger partial charge in [0, 0.05) is 12.6 Å². The molecular weight excluding hydrogens is 444 g/mol. The van der Waals surface area contributed by atoms with Crippen LogP contribution in [0.25, 0.3) is 10.9 Å². The Labute approximate surface area is 166 Å². The lowest BCUT2D eigenvalue weighted by Crippen LogP contribution is -2.64. The number of carbonyl (C=O) groups is 1. The molecule has 1 amide bonds. The fraction of sp³-hybridized carbons (Fsp3) is 0.438. The minimum atomic E-state index is -1.06. The van der Waals surface area contributed by atoms with Crippen LogP contribution in [0.2, 0.25) is 5.02 Å². The van der Waals surface area contributed by atoms with E-state index in [0.717, 1.165) is 6.07 Å². The van der Waals surface area contributed by atoms with Crippen LogP contribution >= 0.6 is 27.5 Å². The Balaban J connectivity index is 2.18. The summed E-state index contributed by atoms with van der Waals surface area (Å²) in [6.07, 6.45) is 0.257. The maximum atomic E-state index is 13.0. The Bertz CT molecular complexity index is 1030. The van der Waals surface area contributed by atoms with Crippen LogP contribution in [0.5, 0.6) is 0 Å². The quantitative estimate of drug-likeness (QED) is 0.540. The molecule has 1 aliphatic rings. The molecule has 1 aromatic heterocycles. The van der Waals surface area contributed by atoms with Gasteiger partial charge in [0.15, 0.2) is 0 Å². The SMILES string of the molecule is CC(C)(C)C1C(n2cnc3c(Cl)c(Br)c([N+](=O)[O-])cc3c2=O)CN1C(=O)O. The molecule has 2 aromatic rings. The first kappa shape index (κ1) is 19.6. The van der Waals surface area contributed by atoms with Crippen LogP contribution in [0.3, 0.4) is 0 Å². The van der Waals surface area contributed by atoms with Crippen molar-refractivity contribution >= 4 is 50.2 Å². The van der Waals surface area contributed by atoms with E-state index in [1.54, 1.807) is 0 Å². The van der Waals surface area contributed by atoms with E-state index in [-0.39, 0.29) is 32.6 Å². The number of nitro benzene ring substituents is 1. The summed E-state index contributed by atoms with van der Waals surface area (Å²) in [5.74, 6) is 0. The van der Waals surface area contributed by atoms with Gasteiger partial charge in [0.1, 0.15) is 4.47 Å². The monoisotopic (exact) mass is 458 g/mol. The van der Waals surface area contributed by atoms with Crippen LogP contribution in [-0.2, 0) is 0 Å². The number of fused-ring (bicyclic) bond motifs is 1. The highest BCUT2D eigenvalue weighted by atomic mass is 79.9. The van der Waals surface area contributed by atoms with Crippen molar-refractivity contribution < 1.29 is 14.8 Å². The summed E-state index contributed by atoms with van der Waals surface area (Å²) in [6.45, 7) is 5.80. The zero-order chi connectivity index (χ0) is 20.3. The zero-order valence-electron chi connectivity index (χ0n) is 14.6. The predicted octanol–water partition coefficient (Wildman–Crippen LogP) is 3.67. The number of aromatic nitrogens is 2. The Morgan fingerprint density at radius 1 is 1.48 bits per heavy atom. The van der Waals surface area contributed by atoms with E-state index in [0.29, 0.717) is 0 Å². The molecule has 2 heterocycles. The van der Waals surface area contributed by atoms with Crippen molar-refractivity contribution in [2.75, 3.05) is 6.54 Å². The highest BCUT2D eigenvalue weighted by Crippen LogP contribution is 2.41. The molecule has 144 valence electrons. The second kappa shape index (κ2) is 6.45. The van der Waals surface area contributed by atoms with E-state index in [9.17, 15) is 24.8 Å². The van der Waals surface area contributed by atoms with Crippen molar-refractivity contribution in [2.45, 2.75) is 32.9 Å². The van der Waals surface area contributed by atoms with Gasteiger partial charge in [0.2, 0.25) is 0 Å². The summed E-state index contributed by atoms with van der Waals surface area (Å²) in [4.78, 5) is 40.5. The number of hydrogen-bond donors (Lipinski definition) is 1. The predicted molar refractivity (Wildman–Crippen MR) is 102 cm³/mol. The third kappa shape index (κ3) is 3.06. The molecule has 11 heteroatoms. The molecule has 3 rings (SSSR count). The van der Waals surface area contributed by atoms with E-state index in [2.05, 4.69) is 20.9 Å². The van der Waals surface area contributed by atoms with Crippen LogP contribution in [0.4, 0.5) is 10.5 Å². The standard InChI is InChI=1S/C16H16BrClN4O5/c1-16(2,3)13-9(5-20(13)15(24)25)21-6-19-12-7(14(21)23)4-8(22(26)27)10(17)11(12)18/h4,6,9,13H,5H2,1-3H3,(H,24,25). The van der Waals surface area contributed by atoms with Crippen LogP contribution < -0.4 is 5.56 Å². The van der Waals surface area contributed by atoms with Crippen LogP contribution in [0.1, 0.15) is 26.8 Å². The number of hydrogen-bond acceptors (Lipinski definition) is 5. The van der Waals surface area contributed by atoms with Gasteiger partial charge in [-0.3, -0.25) is 19.5 Å². The van der Waals surface area contributed by atoms with Crippen LogP contribution in [0.15, 0.2) is 21.7 Å². The molecule has 2 unspecified atom stereocenters. The van der Waals surface area contributed by atoms with Crippen LogP contribution in [0, 0.1) is 15.5 Å². The normalized spacial score (nSPS) is 19.8. The number of amides is 1. The Morgan fingerprint density at radius 3 is 2.63 bits per heavy atom. The summed E-state index contributed by atoms with van der Waals surface area (Å²) in [5.41, 5.74) is -1.10. The van der Waals surface area contributed by atoms with Crippen molar-refractivity contribution in [1.82, 2.24) is 14.5 Å². The molecule has 0 aliphatic carbocycles. The number of benzene rings is 1. The van der Waals surface area contributed by atoms with Gasteiger partial charge >= 0.3 is 6.09 Å². The first-order valence-electron chi connectivity index (χ1n) is 7.98. The molecule has 27 heavy (non-hydrogen) atoms. The molecule has 9 nitrogen and oxygen atoms in total. The summed E-state index contributed by atoms with van der Waals surface area (Å²) in [7, 11) is 0. The third-order valence-corrected chi connectivity index (χ3v) is 6.11. The van der Waals surface area contributed by atoms with Gasteiger partial charge in [-0.25, -0.2) is 9.78 Å². The lowest BCUT2D eigenvalue weighted by molar-refractivity contribution is -0.385. The van der Waals surface area contributed by atoms with E-state index < -0.39 is 34.1 Å². The first-order valence-corrected chi connectivity index (χ1v) is 9.15. The van der Waals surface area contributed by atoms with Gasteiger partial charge in [-0.1, -0.05) is 32.4 Å². The molecule has 0 saturated carbocycles. The average molecular weight is 460 g/mol. The summed E-state index contributed by atoms with van der Waals surface area (Å²) < 4.78 is 1.39. The molecule has 1 fully saturated rings. The van der Waals surface area contributed by atoms with Crippen molar-refractivity contribution in [1.29, 1.82) is 0 Å². The van der Waals surface area contributed by atoms with Crippen LogP contribution in [-0.4, -0.2) is 43.2 Å². The Morgan fingerprint density at radius 2 is 2.11 bits per heavy atom. The van der Waals surface area contributed by atoms with E-state index in [1.807, 2.05) is 20.8 Å². The second-order valence-corrected chi connectivity index (χ2v) is 8.62. The van der Waals surface area contributed by atoms with Gasteiger partial charge in [0.25, 0.3) is 11.2 Å². The minimum Gasteiger partial charge on any atom is -0.465 e. The number of rotatable bonds is 2. The van der Waals surface area contributed by atoms with Gasteiger partial charge in [-0.15, -0.1) is 0 Å². The van der Waals surface area contributed by atoms with Gasteiger partial charge in [-0.2, -0.15) is 0 Å². The lowest BCUT2D eigenvalue weighted by Gasteiger charge is -2.52. The maximum absolute atomic E-state index is 13.0. The molecular formula is C16H16BrClN4O5. The van der Waals surface area contributed by atoms with E-state index in [1.165, 1.54) is 15.8 Å². The maximum Gasteiger partial charge on any atom is 0.407 e. The molecule has 2 atom stereocenters. The molecule has 0 radical (unpaired) electrons. The zero-order valence-corrected chi connectivity index (χ0v) is 17.0. The summed E-state index contributed by atoms with van der Waals surface area (Å²) in [5, 5.41) is 20.6. The van der Waals surface area contributed by atoms with E-state index in [4.69, 9.17) is 11.6 Å². The lowest BCUT2D eigenvalue weighted by atomic mass is 9.76. The van der Waals surface area contributed by atoms with E-state index >= 15 is 0 Å². The fourth-order valence-corrected chi connectivity index (χ4v) is 4.23. The van der Waals surface area contributed by atoms with Gasteiger partial charge in [-0.05, 0) is 21.3 Å². The molecule has 1 saturated heterocycles. The summed E-state index contributed by atoms with van der Waals surface area (Å²) >= 11 is 9.21. The summed E-state index contributed by atoms with van der Waals surface area (Å²) in [6, 6.07) is 0.275. The molecule has 1 aliphatic heterocycles. The van der Waals surface area contributed by atoms with Crippen molar-refractivity contribution in [3.63, 3.8) is 0 Å². The Hall–Kier alpha value is -2.20. The second-order valence-electron chi connectivity index (χ2n) is 7.45. The number of nitrogens with zero attached hydrogens (tertiary/aromatic N) is 4. The smallest absolute Gasteiger partial charge is 0.407 e. The van der Waals surface area contributed by atoms with Gasteiger partial charge < -0.3 is 10.0 Å².